The summed E-state index contributed by atoms with van der Waals surface area (Å²) < 4.78 is 0. The summed E-state index contributed by atoms with van der Waals surface area (Å²) >= 11 is 0. The van der Waals surface area contributed by atoms with E-state index in [2.05, 4.69) is 17.2 Å². The smallest absolute Gasteiger partial charge is 0.0290 e. The van der Waals surface area contributed by atoms with Crippen LogP contribution in [0.4, 0.5) is 0 Å². The second-order valence-corrected chi connectivity index (χ2v) is 2.29. The van der Waals surface area contributed by atoms with Crippen molar-refractivity contribution < 1.29 is 0 Å². The van der Waals surface area contributed by atoms with Crippen LogP contribution in [0, 0.1) is 0 Å². The zero-order chi connectivity index (χ0) is 7.40. The summed E-state index contributed by atoms with van der Waals surface area (Å²) in [6, 6.07) is 4.45. The van der Waals surface area contributed by atoms with E-state index in [1.54, 1.807) is 0 Å². The fraction of sp³-hybridized carbons (Fsp3) is 0.375. The number of nitrogens with one attached hydrogen (secondary N) is 1. The van der Waals surface area contributed by atoms with Crippen LogP contribution in [0.15, 0.2) is 24.5 Å². The summed E-state index contributed by atoms with van der Waals surface area (Å²) in [7, 11) is 1.95. The van der Waals surface area contributed by atoms with Crippen LogP contribution in [-0.2, 0) is 0 Å². The number of aromatic nitrogens is 1. The van der Waals surface area contributed by atoms with Crippen LogP contribution in [-0.4, -0.2) is 12.0 Å². The monoisotopic (exact) mass is 208 g/mol. The van der Waals surface area contributed by atoms with Gasteiger partial charge < -0.3 is 5.32 Å². The van der Waals surface area contributed by atoms with E-state index in [0.717, 1.165) is 0 Å². The van der Waals surface area contributed by atoms with Crippen molar-refractivity contribution >= 4 is 24.8 Å². The van der Waals surface area contributed by atoms with Crippen LogP contribution in [0.2, 0.25) is 0 Å². The Labute approximate surface area is 85.6 Å². The lowest BCUT2D eigenvalue weighted by atomic mass is 10.1. The minimum atomic E-state index is 0. The van der Waals surface area contributed by atoms with Crippen LogP contribution in [0.5, 0.6) is 0 Å². The molecule has 1 atom stereocenters. The highest BCUT2D eigenvalue weighted by molar-refractivity contribution is 5.85. The number of hydrogen-bond donors (Lipinski definition) is 1. The molecule has 0 aliphatic rings. The van der Waals surface area contributed by atoms with Crippen molar-refractivity contribution in [2.24, 2.45) is 0 Å². The molecule has 0 aliphatic carbocycles. The van der Waals surface area contributed by atoms with E-state index in [1.165, 1.54) is 5.56 Å². The highest BCUT2D eigenvalue weighted by atomic mass is 35.5. The molecular formula is C8H14Cl2N2. The van der Waals surface area contributed by atoms with Crippen molar-refractivity contribution in [3.05, 3.63) is 30.1 Å². The Morgan fingerprint density at radius 3 is 2.17 bits per heavy atom. The normalized spacial score (nSPS) is 10.8. The first kappa shape index (κ1) is 14.2. The zero-order valence-corrected chi connectivity index (χ0v) is 8.78. The van der Waals surface area contributed by atoms with Crippen molar-refractivity contribution in [3.8, 4) is 0 Å². The Morgan fingerprint density at radius 2 is 1.75 bits per heavy atom. The van der Waals surface area contributed by atoms with Gasteiger partial charge in [0, 0.05) is 18.4 Å². The maximum Gasteiger partial charge on any atom is 0.0290 e. The number of pyridine rings is 1. The molecule has 0 saturated heterocycles. The van der Waals surface area contributed by atoms with Gasteiger partial charge in [0.05, 0.1) is 0 Å². The molecule has 0 fully saturated rings. The van der Waals surface area contributed by atoms with Gasteiger partial charge in [0.25, 0.3) is 0 Å². The molecular weight excluding hydrogens is 195 g/mol. The minimum Gasteiger partial charge on any atom is -0.313 e. The van der Waals surface area contributed by atoms with Crippen LogP contribution >= 0.6 is 24.8 Å². The van der Waals surface area contributed by atoms with E-state index in [-0.39, 0.29) is 24.8 Å². The standard InChI is InChI=1S/C8H12N2.2ClH/c1-7(9-2)8-3-5-10-6-4-8;;/h3-7,9H,1-2H3;2*1H/t7-;;/m1../s1. The molecule has 0 aliphatic heterocycles. The van der Waals surface area contributed by atoms with Crippen molar-refractivity contribution in [1.29, 1.82) is 0 Å². The lowest BCUT2D eigenvalue weighted by Crippen LogP contribution is -2.11. The lowest BCUT2D eigenvalue weighted by molar-refractivity contribution is 0.651. The molecule has 0 unspecified atom stereocenters. The first-order valence-corrected chi connectivity index (χ1v) is 3.42. The predicted octanol–water partition coefficient (Wildman–Crippen LogP) is 2.21. The molecule has 0 saturated carbocycles. The summed E-state index contributed by atoms with van der Waals surface area (Å²) in [5.41, 5.74) is 1.28. The van der Waals surface area contributed by atoms with Gasteiger partial charge in [-0.05, 0) is 31.7 Å². The average Bonchev–Trinajstić information content (AvgIpc) is 2.05. The third-order valence-corrected chi connectivity index (χ3v) is 1.64. The molecule has 1 N–H and O–H groups in total. The molecule has 0 radical (unpaired) electrons. The van der Waals surface area contributed by atoms with Gasteiger partial charge >= 0.3 is 0 Å². The molecule has 70 valence electrons. The third-order valence-electron chi connectivity index (χ3n) is 1.64. The van der Waals surface area contributed by atoms with E-state index in [0.29, 0.717) is 6.04 Å². The molecule has 0 spiro atoms. The van der Waals surface area contributed by atoms with E-state index in [4.69, 9.17) is 0 Å². The molecule has 4 heteroatoms. The third kappa shape index (κ3) is 3.90. The number of halogens is 2. The number of nitrogens with zero attached hydrogens (tertiary/aromatic N) is 1. The van der Waals surface area contributed by atoms with E-state index in [1.807, 2.05) is 31.6 Å². The summed E-state index contributed by atoms with van der Waals surface area (Å²) in [5, 5.41) is 3.15. The largest absolute Gasteiger partial charge is 0.313 e. The Kier molecular flexibility index (Phi) is 8.71. The zero-order valence-electron chi connectivity index (χ0n) is 7.15. The first-order chi connectivity index (χ1) is 4.84. The Hall–Kier alpha value is -0.310. The van der Waals surface area contributed by atoms with Gasteiger partial charge in [0.2, 0.25) is 0 Å². The van der Waals surface area contributed by atoms with Gasteiger partial charge in [-0.25, -0.2) is 0 Å². The van der Waals surface area contributed by atoms with Gasteiger partial charge in [-0.15, -0.1) is 24.8 Å². The van der Waals surface area contributed by atoms with Crippen LogP contribution in [0.3, 0.4) is 0 Å². The van der Waals surface area contributed by atoms with E-state index < -0.39 is 0 Å². The lowest BCUT2D eigenvalue weighted by Gasteiger charge is -2.08. The molecule has 2 nitrogen and oxygen atoms in total. The van der Waals surface area contributed by atoms with Crippen molar-refractivity contribution in [1.82, 2.24) is 10.3 Å². The fourth-order valence-corrected chi connectivity index (χ4v) is 0.819. The number of hydrogen-bond acceptors (Lipinski definition) is 2. The summed E-state index contributed by atoms with van der Waals surface area (Å²) in [6.07, 6.45) is 3.62. The Morgan fingerprint density at radius 1 is 1.25 bits per heavy atom. The maximum atomic E-state index is 3.93. The Bertz CT molecular complexity index is 192. The van der Waals surface area contributed by atoms with Gasteiger partial charge in [-0.2, -0.15) is 0 Å². The van der Waals surface area contributed by atoms with Crippen LogP contribution in [0.1, 0.15) is 18.5 Å². The number of rotatable bonds is 2. The SMILES string of the molecule is CN[C@H](C)c1ccncc1.Cl.Cl. The maximum absolute atomic E-state index is 3.93. The van der Waals surface area contributed by atoms with Gasteiger partial charge in [-0.3, -0.25) is 4.98 Å². The second kappa shape index (κ2) is 7.35. The van der Waals surface area contributed by atoms with Gasteiger partial charge in [0.15, 0.2) is 0 Å². The van der Waals surface area contributed by atoms with Crippen LogP contribution in [0.25, 0.3) is 0 Å². The molecule has 1 aromatic heterocycles. The Balaban J connectivity index is 0. The van der Waals surface area contributed by atoms with Crippen molar-refractivity contribution in [2.45, 2.75) is 13.0 Å². The molecule has 0 amide bonds. The van der Waals surface area contributed by atoms with Crippen LogP contribution < -0.4 is 5.32 Å². The molecule has 12 heavy (non-hydrogen) atoms. The van der Waals surface area contributed by atoms with E-state index in [9.17, 15) is 0 Å². The predicted molar refractivity (Wildman–Crippen MR) is 56.2 cm³/mol. The molecule has 0 bridgehead atoms. The molecule has 1 rings (SSSR count). The molecule has 1 aromatic rings. The minimum absolute atomic E-state index is 0. The van der Waals surface area contributed by atoms with Gasteiger partial charge in [0.1, 0.15) is 0 Å². The van der Waals surface area contributed by atoms with E-state index >= 15 is 0 Å². The summed E-state index contributed by atoms with van der Waals surface area (Å²) in [5.74, 6) is 0. The highest BCUT2D eigenvalue weighted by Gasteiger charge is 1.98. The average molecular weight is 209 g/mol. The van der Waals surface area contributed by atoms with Gasteiger partial charge in [-0.1, -0.05) is 0 Å². The van der Waals surface area contributed by atoms with Crippen molar-refractivity contribution in [3.63, 3.8) is 0 Å². The molecule has 1 heterocycles. The summed E-state index contributed by atoms with van der Waals surface area (Å²) in [6.45, 7) is 2.12. The fourth-order valence-electron chi connectivity index (χ4n) is 0.819. The topological polar surface area (TPSA) is 24.9 Å². The van der Waals surface area contributed by atoms with Crippen molar-refractivity contribution in [2.75, 3.05) is 7.05 Å². The first-order valence-electron chi connectivity index (χ1n) is 3.42. The molecule has 0 aromatic carbocycles. The second-order valence-electron chi connectivity index (χ2n) is 2.29. The summed E-state index contributed by atoms with van der Waals surface area (Å²) in [4.78, 5) is 3.93. The quantitative estimate of drug-likeness (QED) is 0.807. The highest BCUT2D eigenvalue weighted by Crippen LogP contribution is 2.08.